The van der Waals surface area contributed by atoms with E-state index in [2.05, 4.69) is 16.0 Å². The molecular weight excluding hydrogens is 368 g/mol. The van der Waals surface area contributed by atoms with E-state index in [1.807, 2.05) is 24.3 Å². The number of urea groups is 1. The smallest absolute Gasteiger partial charge is 0.324 e. The zero-order valence-corrected chi connectivity index (χ0v) is 15.9. The quantitative estimate of drug-likeness (QED) is 0.684. The normalized spacial score (nSPS) is 27.0. The topological polar surface area (TPSA) is 90.5 Å². The molecule has 0 aromatic heterocycles. The lowest BCUT2D eigenvalue weighted by Gasteiger charge is -2.24. The number of carbonyl (C=O) groups is 3. The van der Waals surface area contributed by atoms with Crippen molar-refractivity contribution < 1.29 is 14.4 Å². The van der Waals surface area contributed by atoms with Crippen LogP contribution in [0, 0.1) is 5.92 Å². The van der Waals surface area contributed by atoms with Gasteiger partial charge in [0.1, 0.15) is 0 Å². The van der Waals surface area contributed by atoms with Crippen LogP contribution in [-0.4, -0.2) is 41.4 Å². The number of halogens is 1. The summed E-state index contributed by atoms with van der Waals surface area (Å²) in [6.45, 7) is 0.255. The maximum absolute atomic E-state index is 12.6. The van der Waals surface area contributed by atoms with E-state index < -0.39 is 0 Å². The van der Waals surface area contributed by atoms with Crippen molar-refractivity contribution in [1.29, 1.82) is 0 Å². The molecule has 3 aliphatic rings. The van der Waals surface area contributed by atoms with Crippen LogP contribution in [-0.2, 0) is 16.1 Å². The van der Waals surface area contributed by atoms with E-state index in [9.17, 15) is 14.4 Å². The standard InChI is InChI=1S/C19H24N4O3.ClH/c24-17-10-20-19(26)23(17)11-12-4-3-6-14(8-12)21-18(25)16-9-13-5-1-2-7-15(13)22-16;/h3-4,6,8,13,15-16,22H,1-2,5,7,9-11H2,(H,20,26)(H,21,25);1H. The number of carbonyl (C=O) groups excluding carboxylic acids is 3. The van der Waals surface area contributed by atoms with Gasteiger partial charge in [-0.05, 0) is 42.9 Å². The first-order valence-electron chi connectivity index (χ1n) is 9.34. The summed E-state index contributed by atoms with van der Waals surface area (Å²) in [6, 6.07) is 7.28. The lowest BCUT2D eigenvalue weighted by Crippen LogP contribution is -2.39. The molecule has 4 amide bonds. The Morgan fingerprint density at radius 1 is 1.22 bits per heavy atom. The fourth-order valence-electron chi connectivity index (χ4n) is 4.30. The number of anilines is 1. The van der Waals surface area contributed by atoms with Crippen LogP contribution in [0.2, 0.25) is 0 Å². The Kier molecular flexibility index (Phi) is 6.01. The first-order chi connectivity index (χ1) is 12.6. The van der Waals surface area contributed by atoms with Gasteiger partial charge in [0.15, 0.2) is 0 Å². The third kappa shape index (κ3) is 4.25. The van der Waals surface area contributed by atoms with Gasteiger partial charge in [0.25, 0.3) is 0 Å². The van der Waals surface area contributed by atoms with Gasteiger partial charge in [0, 0.05) is 11.7 Å². The predicted octanol–water partition coefficient (Wildman–Crippen LogP) is 2.02. The highest BCUT2D eigenvalue weighted by atomic mass is 35.5. The fourth-order valence-corrected chi connectivity index (χ4v) is 4.30. The number of benzene rings is 1. The Balaban J connectivity index is 0.00000210. The van der Waals surface area contributed by atoms with Crippen molar-refractivity contribution in [1.82, 2.24) is 15.5 Å². The van der Waals surface area contributed by atoms with Crippen LogP contribution in [0.4, 0.5) is 10.5 Å². The molecule has 2 saturated heterocycles. The molecule has 2 aliphatic heterocycles. The van der Waals surface area contributed by atoms with Gasteiger partial charge in [-0.1, -0.05) is 25.0 Å². The predicted molar refractivity (Wildman–Crippen MR) is 104 cm³/mol. The van der Waals surface area contributed by atoms with Gasteiger partial charge in [-0.2, -0.15) is 0 Å². The summed E-state index contributed by atoms with van der Waals surface area (Å²) < 4.78 is 0. The number of nitrogens with one attached hydrogen (secondary N) is 3. The fraction of sp³-hybridized carbons (Fsp3) is 0.526. The van der Waals surface area contributed by atoms with Crippen LogP contribution in [0.15, 0.2) is 24.3 Å². The molecule has 146 valence electrons. The maximum Gasteiger partial charge on any atom is 0.324 e. The molecule has 0 bridgehead atoms. The van der Waals surface area contributed by atoms with Gasteiger partial charge in [-0.25, -0.2) is 4.79 Å². The summed E-state index contributed by atoms with van der Waals surface area (Å²) in [5, 5.41) is 8.96. The average molecular weight is 393 g/mol. The summed E-state index contributed by atoms with van der Waals surface area (Å²) >= 11 is 0. The molecule has 0 radical (unpaired) electrons. The first-order valence-corrected chi connectivity index (χ1v) is 9.34. The maximum atomic E-state index is 12.6. The monoisotopic (exact) mass is 392 g/mol. The molecule has 3 N–H and O–H groups in total. The molecule has 1 aliphatic carbocycles. The first kappa shape index (κ1) is 19.6. The van der Waals surface area contributed by atoms with Gasteiger partial charge in [0.2, 0.25) is 11.8 Å². The number of imide groups is 1. The van der Waals surface area contributed by atoms with Crippen LogP contribution in [0.1, 0.15) is 37.7 Å². The van der Waals surface area contributed by atoms with E-state index >= 15 is 0 Å². The van der Waals surface area contributed by atoms with E-state index in [0.717, 1.165) is 18.4 Å². The van der Waals surface area contributed by atoms with E-state index in [1.54, 1.807) is 0 Å². The molecule has 8 heteroatoms. The SMILES string of the molecule is Cl.O=C(Nc1cccc(CN2C(=O)CNC2=O)c1)C1CC2CCCCC2N1. The van der Waals surface area contributed by atoms with Crippen LogP contribution in [0.3, 0.4) is 0 Å². The van der Waals surface area contributed by atoms with Gasteiger partial charge in [-0.3, -0.25) is 14.5 Å². The number of hydrogen-bond donors (Lipinski definition) is 3. The molecule has 3 fully saturated rings. The van der Waals surface area contributed by atoms with Gasteiger partial charge in [0.05, 0.1) is 19.1 Å². The van der Waals surface area contributed by atoms with Crippen molar-refractivity contribution in [2.75, 3.05) is 11.9 Å². The van der Waals surface area contributed by atoms with E-state index in [1.165, 1.54) is 24.2 Å². The molecular formula is C19H25ClN4O3. The van der Waals surface area contributed by atoms with E-state index in [4.69, 9.17) is 0 Å². The molecule has 3 atom stereocenters. The minimum absolute atomic E-state index is 0. The Morgan fingerprint density at radius 2 is 2.04 bits per heavy atom. The summed E-state index contributed by atoms with van der Waals surface area (Å²) in [4.78, 5) is 37.2. The minimum Gasteiger partial charge on any atom is -0.329 e. The molecule has 1 aromatic carbocycles. The molecule has 27 heavy (non-hydrogen) atoms. The van der Waals surface area contributed by atoms with Crippen LogP contribution in [0.25, 0.3) is 0 Å². The zero-order chi connectivity index (χ0) is 18.1. The highest BCUT2D eigenvalue weighted by Crippen LogP contribution is 2.33. The van der Waals surface area contributed by atoms with Crippen molar-refractivity contribution in [2.24, 2.45) is 5.92 Å². The van der Waals surface area contributed by atoms with E-state index in [0.29, 0.717) is 17.6 Å². The molecule has 1 saturated carbocycles. The van der Waals surface area contributed by atoms with Crippen LogP contribution < -0.4 is 16.0 Å². The third-order valence-electron chi connectivity index (χ3n) is 5.65. The summed E-state index contributed by atoms with van der Waals surface area (Å²) in [7, 11) is 0. The highest BCUT2D eigenvalue weighted by Gasteiger charge is 2.38. The minimum atomic E-state index is -0.373. The molecule has 2 heterocycles. The number of rotatable bonds is 4. The lowest BCUT2D eigenvalue weighted by atomic mass is 9.85. The zero-order valence-electron chi connectivity index (χ0n) is 15.1. The number of nitrogens with zero attached hydrogens (tertiary/aromatic N) is 1. The Hall–Kier alpha value is -2.12. The summed E-state index contributed by atoms with van der Waals surface area (Å²) in [5.74, 6) is 0.374. The van der Waals surface area contributed by atoms with Gasteiger partial charge < -0.3 is 16.0 Å². The molecule has 4 rings (SSSR count). The second kappa shape index (κ2) is 8.27. The van der Waals surface area contributed by atoms with Crippen molar-refractivity contribution >= 4 is 35.9 Å². The molecule has 3 unspecified atom stereocenters. The number of hydrogen-bond acceptors (Lipinski definition) is 4. The average Bonchev–Trinajstić information content (AvgIpc) is 3.21. The Labute approximate surface area is 164 Å². The van der Waals surface area contributed by atoms with Crippen molar-refractivity contribution in [2.45, 2.75) is 50.7 Å². The second-order valence-corrected chi connectivity index (χ2v) is 7.43. The van der Waals surface area contributed by atoms with Crippen LogP contribution in [0.5, 0.6) is 0 Å². The van der Waals surface area contributed by atoms with Gasteiger partial charge >= 0.3 is 6.03 Å². The van der Waals surface area contributed by atoms with Gasteiger partial charge in [-0.15, -0.1) is 12.4 Å². The molecule has 7 nitrogen and oxygen atoms in total. The number of fused-ring (bicyclic) bond motifs is 1. The number of amides is 4. The summed E-state index contributed by atoms with van der Waals surface area (Å²) in [5.41, 5.74) is 1.50. The van der Waals surface area contributed by atoms with E-state index in [-0.39, 0.29) is 49.4 Å². The summed E-state index contributed by atoms with van der Waals surface area (Å²) in [6.07, 6.45) is 5.78. The van der Waals surface area contributed by atoms with Crippen molar-refractivity contribution in [3.8, 4) is 0 Å². The molecule has 0 spiro atoms. The van der Waals surface area contributed by atoms with Crippen LogP contribution >= 0.6 is 12.4 Å². The lowest BCUT2D eigenvalue weighted by molar-refractivity contribution is -0.125. The molecule has 1 aromatic rings. The third-order valence-corrected chi connectivity index (χ3v) is 5.65. The Morgan fingerprint density at radius 3 is 2.78 bits per heavy atom. The highest BCUT2D eigenvalue weighted by molar-refractivity contribution is 6.01. The van der Waals surface area contributed by atoms with Crippen molar-refractivity contribution in [3.63, 3.8) is 0 Å². The largest absolute Gasteiger partial charge is 0.329 e. The van der Waals surface area contributed by atoms with Crippen molar-refractivity contribution in [3.05, 3.63) is 29.8 Å². The Bertz CT molecular complexity index is 711. The second-order valence-electron chi connectivity index (χ2n) is 7.43.